The Kier molecular flexibility index (Phi) is 6.65. The van der Waals surface area contributed by atoms with E-state index in [0.717, 1.165) is 0 Å². The predicted molar refractivity (Wildman–Crippen MR) is 68.2 cm³/mol. The molecule has 1 nitrogen and oxygen atoms in total. The quantitative estimate of drug-likeness (QED) is 0.379. The normalized spacial score (nSPS) is 18.5. The van der Waals surface area contributed by atoms with Gasteiger partial charge in [-0.2, -0.15) is 0 Å². The zero-order valence-corrected chi connectivity index (χ0v) is 11.6. The Morgan fingerprint density at radius 2 is 1.27 bits per heavy atom. The molecule has 0 bridgehead atoms. The molecule has 0 unspecified atom stereocenters. The molecule has 0 aromatic rings. The maximum atomic E-state index is 9.06. The average Bonchev–Trinajstić information content (AvgIpc) is 2.35. The second-order valence-electron chi connectivity index (χ2n) is 2.20. The van der Waals surface area contributed by atoms with Crippen LogP contribution in [0.4, 0.5) is 0 Å². The van der Waals surface area contributed by atoms with Gasteiger partial charge in [-0.25, -0.2) is 0 Å². The molecule has 7 heteroatoms. The lowest BCUT2D eigenvalue weighted by atomic mass is 10.4. The van der Waals surface area contributed by atoms with Crippen molar-refractivity contribution >= 4 is 75.9 Å². The number of carbonyl (C=O) groups excluding carboxylic acids is 1. The van der Waals surface area contributed by atoms with Gasteiger partial charge in [0, 0.05) is 0 Å². The molecule has 0 heterocycles. The van der Waals surface area contributed by atoms with Crippen molar-refractivity contribution < 1.29 is 4.79 Å². The van der Waals surface area contributed by atoms with E-state index >= 15 is 0 Å². The van der Waals surface area contributed by atoms with Crippen molar-refractivity contribution in [2.24, 2.45) is 0 Å². The summed E-state index contributed by atoms with van der Waals surface area (Å²) in [7, 11) is 0. The Labute approximate surface area is 117 Å². The van der Waals surface area contributed by atoms with Crippen molar-refractivity contribution in [1.82, 2.24) is 0 Å². The van der Waals surface area contributed by atoms with E-state index in [1.807, 2.05) is 0 Å². The summed E-state index contributed by atoms with van der Waals surface area (Å²) in [6.45, 7) is 3.11. The van der Waals surface area contributed by atoms with E-state index in [1.165, 1.54) is 6.08 Å². The molecule has 0 aromatic carbocycles. The minimum atomic E-state index is -1.47. The van der Waals surface area contributed by atoms with Gasteiger partial charge in [-0.15, -0.1) is 0 Å². The highest BCUT2D eigenvalue weighted by molar-refractivity contribution is 6.67. The molecule has 0 fully saturated rings. The zero-order valence-electron chi connectivity index (χ0n) is 7.04. The number of aldehydes is 1. The number of hydrogen-bond acceptors (Lipinski definition) is 1. The lowest BCUT2D eigenvalue weighted by Crippen LogP contribution is -2.09. The third-order valence-electron chi connectivity index (χ3n) is 1.23. The van der Waals surface area contributed by atoms with Crippen LogP contribution in [-0.4, -0.2) is 10.6 Å². The highest BCUT2D eigenvalue weighted by atomic mass is 35.5. The van der Waals surface area contributed by atoms with Gasteiger partial charge in [-0.05, 0) is 6.08 Å². The second kappa shape index (κ2) is 6.39. The molecule has 0 spiro atoms. The van der Waals surface area contributed by atoms with Crippen LogP contribution >= 0.6 is 69.6 Å². The first-order chi connectivity index (χ1) is 6.80. The monoisotopic (exact) mass is 326 g/mol. The van der Waals surface area contributed by atoms with E-state index in [1.54, 1.807) is 0 Å². The van der Waals surface area contributed by atoms with Crippen LogP contribution in [0, 0.1) is 0 Å². The molecule has 15 heavy (non-hydrogen) atoms. The highest BCUT2D eigenvalue weighted by Crippen LogP contribution is 2.53. The molecule has 0 saturated heterocycles. The fourth-order valence-electron chi connectivity index (χ4n) is 0.565. The first-order valence-electron chi connectivity index (χ1n) is 3.36. The smallest absolute Gasteiger partial charge is 0.191 e. The van der Waals surface area contributed by atoms with Crippen LogP contribution < -0.4 is 0 Å². The SMILES string of the molecule is C=CC=O.ClC1=C(Cl)C(Cl)(Cl)C(Cl)=C1Cl. The van der Waals surface area contributed by atoms with Crippen LogP contribution in [0.5, 0.6) is 0 Å². The van der Waals surface area contributed by atoms with E-state index in [0.29, 0.717) is 6.29 Å². The first kappa shape index (κ1) is 15.6. The molecule has 0 atom stereocenters. The van der Waals surface area contributed by atoms with Gasteiger partial charge < -0.3 is 0 Å². The Hall–Kier alpha value is 0.630. The third-order valence-corrected chi connectivity index (χ3v) is 4.36. The van der Waals surface area contributed by atoms with Crippen molar-refractivity contribution in [3.05, 3.63) is 32.8 Å². The fourth-order valence-corrected chi connectivity index (χ4v) is 2.13. The number of alkyl halides is 2. The van der Waals surface area contributed by atoms with E-state index in [4.69, 9.17) is 74.4 Å². The summed E-state index contributed by atoms with van der Waals surface area (Å²) in [5.41, 5.74) is 0. The van der Waals surface area contributed by atoms with E-state index in [2.05, 4.69) is 6.58 Å². The molecule has 0 aliphatic heterocycles. The van der Waals surface area contributed by atoms with E-state index in [9.17, 15) is 0 Å². The molecule has 0 radical (unpaired) electrons. The third kappa shape index (κ3) is 3.55. The highest BCUT2D eigenvalue weighted by Gasteiger charge is 2.42. The summed E-state index contributed by atoms with van der Waals surface area (Å²) in [5, 5.41) is 0.279. The Bertz CT molecular complexity index is 309. The van der Waals surface area contributed by atoms with E-state index < -0.39 is 4.33 Å². The van der Waals surface area contributed by atoms with Crippen LogP contribution in [0.2, 0.25) is 0 Å². The lowest BCUT2D eigenvalue weighted by molar-refractivity contribution is -0.104. The summed E-state index contributed by atoms with van der Waals surface area (Å²) in [4.78, 5) is 9.06. The molecule has 1 rings (SSSR count). The van der Waals surface area contributed by atoms with Crippen LogP contribution in [0.15, 0.2) is 32.8 Å². The molecule has 0 N–H and O–H groups in total. The molecule has 1 aliphatic carbocycles. The predicted octanol–water partition coefficient (Wildman–Crippen LogP) is 4.92. The van der Waals surface area contributed by atoms with Crippen LogP contribution in [0.1, 0.15) is 0 Å². The molecule has 0 saturated carbocycles. The van der Waals surface area contributed by atoms with Crippen molar-refractivity contribution in [2.75, 3.05) is 0 Å². The van der Waals surface area contributed by atoms with Crippen LogP contribution in [-0.2, 0) is 4.79 Å². The minimum absolute atomic E-state index is 0.0394. The van der Waals surface area contributed by atoms with Crippen molar-refractivity contribution in [3.8, 4) is 0 Å². The summed E-state index contributed by atoms with van der Waals surface area (Å²) in [6, 6.07) is 0. The molecule has 1 aliphatic rings. The molecule has 0 amide bonds. The number of rotatable bonds is 1. The summed E-state index contributed by atoms with van der Waals surface area (Å²) >= 11 is 33.8. The second-order valence-corrected chi connectivity index (χ2v) is 5.04. The first-order valence-corrected chi connectivity index (χ1v) is 5.63. The molecule has 0 aromatic heterocycles. The summed E-state index contributed by atoms with van der Waals surface area (Å²) in [5.74, 6) is 0. The topological polar surface area (TPSA) is 17.1 Å². The van der Waals surface area contributed by atoms with E-state index in [-0.39, 0.29) is 20.1 Å². The average molecular weight is 329 g/mol. The van der Waals surface area contributed by atoms with Crippen LogP contribution in [0.3, 0.4) is 0 Å². The molecule has 84 valence electrons. The minimum Gasteiger partial charge on any atom is -0.299 e. The number of hydrogen-bond donors (Lipinski definition) is 0. The van der Waals surface area contributed by atoms with Gasteiger partial charge in [0.05, 0.1) is 20.1 Å². The largest absolute Gasteiger partial charge is 0.299 e. The van der Waals surface area contributed by atoms with Gasteiger partial charge in [-0.3, -0.25) is 4.79 Å². The van der Waals surface area contributed by atoms with Gasteiger partial charge in [0.25, 0.3) is 0 Å². The lowest BCUT2D eigenvalue weighted by Gasteiger charge is -2.11. The maximum absolute atomic E-state index is 9.06. The Morgan fingerprint density at radius 3 is 1.33 bits per heavy atom. The fraction of sp³-hybridized carbons (Fsp3) is 0.125. The standard InChI is InChI=1S/C5Cl6.C3H4O/c6-1-2(7)4(9)5(10,11)3(1)8;1-2-3-4/h;2-3H,1H2. The van der Waals surface area contributed by atoms with Gasteiger partial charge >= 0.3 is 0 Å². The van der Waals surface area contributed by atoms with Gasteiger partial charge in [0.2, 0.25) is 0 Å². The van der Waals surface area contributed by atoms with Crippen LogP contribution in [0.25, 0.3) is 0 Å². The molecular formula is C8H4Cl6O. The van der Waals surface area contributed by atoms with Gasteiger partial charge in [0.15, 0.2) is 4.33 Å². The molecular weight excluding hydrogens is 325 g/mol. The van der Waals surface area contributed by atoms with Crippen molar-refractivity contribution in [2.45, 2.75) is 4.33 Å². The van der Waals surface area contributed by atoms with Crippen molar-refractivity contribution in [1.29, 1.82) is 0 Å². The summed E-state index contributed by atoms with van der Waals surface area (Å²) < 4.78 is -1.47. The van der Waals surface area contributed by atoms with Gasteiger partial charge in [0.1, 0.15) is 6.29 Å². The number of carbonyl (C=O) groups is 1. The zero-order chi connectivity index (χ0) is 12.2. The number of allylic oxidation sites excluding steroid dienone is 5. The maximum Gasteiger partial charge on any atom is 0.191 e. The summed E-state index contributed by atoms with van der Waals surface area (Å²) in [6.07, 6.45) is 1.83. The Morgan fingerprint density at radius 1 is 1.00 bits per heavy atom. The number of halogens is 6. The van der Waals surface area contributed by atoms with Crippen molar-refractivity contribution in [3.63, 3.8) is 0 Å². The van der Waals surface area contributed by atoms with Gasteiger partial charge in [-0.1, -0.05) is 76.2 Å². The Balaban J connectivity index is 0.000000423.